The number of nitrogen functional groups attached to an aromatic ring is 1. The molecule has 8 heteroatoms. The second-order valence-corrected chi connectivity index (χ2v) is 7.23. The first-order valence-electron chi connectivity index (χ1n) is 6.04. The normalized spacial score (nSPS) is 13.5. The molecule has 0 bridgehead atoms. The van der Waals surface area contributed by atoms with Crippen LogP contribution >= 0.6 is 11.5 Å². The van der Waals surface area contributed by atoms with Crippen LogP contribution in [-0.4, -0.2) is 45.4 Å². The van der Waals surface area contributed by atoms with Crippen LogP contribution in [0.5, 0.6) is 0 Å². The van der Waals surface area contributed by atoms with Crippen molar-refractivity contribution in [2.24, 2.45) is 0 Å². The van der Waals surface area contributed by atoms with Crippen LogP contribution in [0.2, 0.25) is 0 Å². The van der Waals surface area contributed by atoms with E-state index in [2.05, 4.69) is 4.37 Å². The molecule has 0 amide bonds. The fourth-order valence-corrected chi connectivity index (χ4v) is 4.56. The second kappa shape index (κ2) is 6.53. The third-order valence-corrected chi connectivity index (χ3v) is 5.88. The van der Waals surface area contributed by atoms with Crippen molar-refractivity contribution in [1.82, 2.24) is 4.37 Å². The Labute approximate surface area is 118 Å². The van der Waals surface area contributed by atoms with Gasteiger partial charge in [-0.15, -0.1) is 0 Å². The Bertz CT molecular complexity index is 513. The molecule has 0 fully saturated rings. The highest BCUT2D eigenvalue weighted by Crippen LogP contribution is 2.35. The van der Waals surface area contributed by atoms with E-state index >= 15 is 0 Å². The minimum absolute atomic E-state index is 0.0421. The first kappa shape index (κ1) is 16.2. The highest BCUT2D eigenvalue weighted by molar-refractivity contribution is 7.91. The molecular formula is C11H21N3O3S2. The maximum Gasteiger partial charge on any atom is 0.185 e. The van der Waals surface area contributed by atoms with Crippen molar-refractivity contribution in [3.63, 3.8) is 0 Å². The van der Waals surface area contributed by atoms with Crippen LogP contribution in [0.25, 0.3) is 0 Å². The molecule has 1 atom stereocenters. The first-order chi connectivity index (χ1) is 8.85. The second-order valence-electron chi connectivity index (χ2n) is 4.44. The molecule has 1 heterocycles. The number of hydrogen-bond acceptors (Lipinski definition) is 7. The lowest BCUT2D eigenvalue weighted by Crippen LogP contribution is -2.33. The number of sulfone groups is 1. The van der Waals surface area contributed by atoms with E-state index in [0.29, 0.717) is 18.0 Å². The van der Waals surface area contributed by atoms with E-state index in [4.69, 9.17) is 10.5 Å². The third kappa shape index (κ3) is 3.58. The predicted octanol–water partition coefficient (Wildman–Crippen LogP) is 1.38. The molecule has 0 aromatic carbocycles. The summed E-state index contributed by atoms with van der Waals surface area (Å²) in [4.78, 5) is 2.00. The van der Waals surface area contributed by atoms with Crippen molar-refractivity contribution < 1.29 is 13.2 Å². The topological polar surface area (TPSA) is 85.5 Å². The average molecular weight is 307 g/mol. The van der Waals surface area contributed by atoms with Crippen molar-refractivity contribution in [2.75, 3.05) is 37.2 Å². The molecule has 0 aliphatic rings. The maximum atomic E-state index is 12.2. The van der Waals surface area contributed by atoms with Crippen LogP contribution in [0, 0.1) is 0 Å². The highest BCUT2D eigenvalue weighted by Gasteiger charge is 2.28. The molecular weight excluding hydrogens is 286 g/mol. The number of rotatable bonds is 7. The monoisotopic (exact) mass is 307 g/mol. The molecule has 110 valence electrons. The van der Waals surface area contributed by atoms with Crippen molar-refractivity contribution in [3.8, 4) is 0 Å². The number of ether oxygens (including phenoxy) is 1. The standard InChI is InChI=1S/C11H21N3O3S2/c1-5-6-19(15,16)9-10(12)13-18-11(9)14(3)8(2)7-17-4/h8H,5-7H2,1-4H3,(H2,12,13). The van der Waals surface area contributed by atoms with Gasteiger partial charge in [0.25, 0.3) is 0 Å². The van der Waals surface area contributed by atoms with Crippen LogP contribution in [0.3, 0.4) is 0 Å². The van der Waals surface area contributed by atoms with Crippen molar-refractivity contribution in [2.45, 2.75) is 31.2 Å². The van der Waals surface area contributed by atoms with Gasteiger partial charge in [0, 0.05) is 14.2 Å². The zero-order valence-electron chi connectivity index (χ0n) is 11.7. The van der Waals surface area contributed by atoms with Crippen molar-refractivity contribution in [1.29, 1.82) is 0 Å². The number of nitrogens with zero attached hydrogens (tertiary/aromatic N) is 2. The zero-order chi connectivity index (χ0) is 14.6. The van der Waals surface area contributed by atoms with E-state index in [9.17, 15) is 8.42 Å². The lowest BCUT2D eigenvalue weighted by atomic mass is 10.3. The molecule has 6 nitrogen and oxygen atoms in total. The summed E-state index contributed by atoms with van der Waals surface area (Å²) in [7, 11) is 0.0509. The summed E-state index contributed by atoms with van der Waals surface area (Å²) in [5.41, 5.74) is 5.73. The number of likely N-dealkylation sites (N-methyl/N-ethyl adjacent to an activating group) is 1. The van der Waals surface area contributed by atoms with Gasteiger partial charge in [-0.3, -0.25) is 0 Å². The van der Waals surface area contributed by atoms with Crippen LogP contribution < -0.4 is 10.6 Å². The molecule has 0 aliphatic carbocycles. The molecule has 2 N–H and O–H groups in total. The van der Waals surface area contributed by atoms with Gasteiger partial charge >= 0.3 is 0 Å². The number of methoxy groups -OCH3 is 1. The summed E-state index contributed by atoms with van der Waals surface area (Å²) in [6, 6.07) is 0.0421. The Morgan fingerprint density at radius 1 is 1.53 bits per heavy atom. The number of aromatic nitrogens is 1. The SMILES string of the molecule is CCCS(=O)(=O)c1c(N)nsc1N(C)C(C)COC. The van der Waals surface area contributed by atoms with Crippen LogP contribution in [0.15, 0.2) is 4.90 Å². The highest BCUT2D eigenvalue weighted by atomic mass is 32.2. The Morgan fingerprint density at radius 2 is 2.16 bits per heavy atom. The quantitative estimate of drug-likeness (QED) is 0.819. The molecule has 1 aromatic rings. The molecule has 0 saturated carbocycles. The summed E-state index contributed by atoms with van der Waals surface area (Å²) in [5.74, 6) is 0.166. The fourth-order valence-electron chi connectivity index (χ4n) is 1.73. The third-order valence-electron chi connectivity index (χ3n) is 2.83. The van der Waals surface area contributed by atoms with Gasteiger partial charge in [-0.2, -0.15) is 4.37 Å². The number of hydrogen-bond donors (Lipinski definition) is 1. The van der Waals surface area contributed by atoms with Gasteiger partial charge in [0.2, 0.25) is 0 Å². The van der Waals surface area contributed by atoms with E-state index in [1.165, 1.54) is 0 Å². The van der Waals surface area contributed by atoms with E-state index < -0.39 is 9.84 Å². The smallest absolute Gasteiger partial charge is 0.185 e. The summed E-state index contributed by atoms with van der Waals surface area (Å²) in [6.07, 6.45) is 0.550. The molecule has 1 rings (SSSR count). The predicted molar refractivity (Wildman–Crippen MR) is 78.6 cm³/mol. The molecule has 0 saturated heterocycles. The Hall–Kier alpha value is -0.860. The van der Waals surface area contributed by atoms with Gasteiger partial charge in [-0.05, 0) is 24.9 Å². The van der Waals surface area contributed by atoms with Crippen LogP contribution in [0.1, 0.15) is 20.3 Å². The molecule has 1 aromatic heterocycles. The molecule has 0 spiro atoms. The molecule has 0 radical (unpaired) electrons. The molecule has 0 aliphatic heterocycles. The van der Waals surface area contributed by atoms with Gasteiger partial charge in [-0.25, -0.2) is 8.42 Å². The Morgan fingerprint density at radius 3 is 2.68 bits per heavy atom. The minimum atomic E-state index is -3.38. The molecule has 19 heavy (non-hydrogen) atoms. The summed E-state index contributed by atoms with van der Waals surface area (Å²) < 4.78 is 33.6. The lowest BCUT2D eigenvalue weighted by Gasteiger charge is -2.25. The Balaban J connectivity index is 3.18. The van der Waals surface area contributed by atoms with E-state index in [1.807, 2.05) is 25.8 Å². The fraction of sp³-hybridized carbons (Fsp3) is 0.727. The van der Waals surface area contributed by atoms with E-state index in [-0.39, 0.29) is 22.5 Å². The first-order valence-corrected chi connectivity index (χ1v) is 8.47. The van der Waals surface area contributed by atoms with Gasteiger partial charge in [0.15, 0.2) is 15.7 Å². The van der Waals surface area contributed by atoms with E-state index in [1.54, 1.807) is 7.11 Å². The minimum Gasteiger partial charge on any atom is -0.383 e. The van der Waals surface area contributed by atoms with Gasteiger partial charge in [0.1, 0.15) is 9.90 Å². The number of nitrogens with two attached hydrogens (primary N) is 1. The van der Waals surface area contributed by atoms with Crippen LogP contribution in [-0.2, 0) is 14.6 Å². The largest absolute Gasteiger partial charge is 0.383 e. The average Bonchev–Trinajstić information content (AvgIpc) is 2.71. The van der Waals surface area contributed by atoms with E-state index in [0.717, 1.165) is 11.5 Å². The van der Waals surface area contributed by atoms with Crippen LogP contribution in [0.4, 0.5) is 10.8 Å². The summed E-state index contributed by atoms with van der Waals surface area (Å²) >= 11 is 1.11. The van der Waals surface area contributed by atoms with Crippen molar-refractivity contribution >= 4 is 32.2 Å². The van der Waals surface area contributed by atoms with Gasteiger partial charge in [0.05, 0.1) is 18.4 Å². The molecule has 1 unspecified atom stereocenters. The number of anilines is 2. The summed E-state index contributed by atoms with van der Waals surface area (Å²) in [6.45, 7) is 4.28. The van der Waals surface area contributed by atoms with Gasteiger partial charge < -0.3 is 15.4 Å². The van der Waals surface area contributed by atoms with Gasteiger partial charge in [-0.1, -0.05) is 6.92 Å². The lowest BCUT2D eigenvalue weighted by molar-refractivity contribution is 0.183. The maximum absolute atomic E-state index is 12.2. The summed E-state index contributed by atoms with van der Waals surface area (Å²) in [5, 5.41) is 0.579. The Kier molecular flexibility index (Phi) is 5.57. The zero-order valence-corrected chi connectivity index (χ0v) is 13.3. The van der Waals surface area contributed by atoms with Crippen molar-refractivity contribution in [3.05, 3.63) is 0 Å².